The van der Waals surface area contributed by atoms with Crippen molar-refractivity contribution in [3.8, 4) is 5.88 Å². The molecule has 0 radical (unpaired) electrons. The molecule has 0 spiro atoms. The number of pyridine rings is 1. The standard InChI is InChI=1S/C25H24F6N4O4S/c26-24(27,28)23(36,25(29,30)31)18-6-8-19(9-7-18)34-12-14-35(15-13-34)40(37,38)20-10-11-21(32)33-22(20)39-16-17-4-2-1-3-5-17/h1-11,36H,12-16H2,(H2,32,33). The molecule has 0 unspecified atom stereocenters. The van der Waals surface area contributed by atoms with Crippen LogP contribution in [0.3, 0.4) is 0 Å². The monoisotopic (exact) mass is 590 g/mol. The Kier molecular flexibility index (Phi) is 7.93. The molecule has 0 saturated carbocycles. The van der Waals surface area contributed by atoms with Crippen LogP contribution in [0.5, 0.6) is 5.88 Å². The third kappa shape index (κ3) is 5.67. The molecule has 216 valence electrons. The number of piperazine rings is 1. The maximum atomic E-state index is 13.4. The molecule has 2 aromatic carbocycles. The molecular weight excluding hydrogens is 566 g/mol. The van der Waals surface area contributed by atoms with Crippen molar-refractivity contribution in [2.45, 2.75) is 29.5 Å². The number of sulfonamides is 1. The van der Waals surface area contributed by atoms with E-state index in [1.165, 1.54) is 16.4 Å². The fraction of sp³-hybridized carbons (Fsp3) is 0.320. The number of hydrogen-bond donors (Lipinski definition) is 2. The van der Waals surface area contributed by atoms with Crippen molar-refractivity contribution in [3.05, 3.63) is 77.9 Å². The van der Waals surface area contributed by atoms with Crippen LogP contribution in [0.25, 0.3) is 0 Å². The Balaban J connectivity index is 1.48. The van der Waals surface area contributed by atoms with E-state index in [0.717, 1.165) is 17.7 Å². The molecule has 0 aliphatic carbocycles. The molecular formula is C25H24F6N4O4S. The lowest BCUT2D eigenvalue weighted by Crippen LogP contribution is -2.54. The number of nitrogens with zero attached hydrogens (tertiary/aromatic N) is 3. The van der Waals surface area contributed by atoms with Crippen LogP contribution in [0.4, 0.5) is 37.8 Å². The average Bonchev–Trinajstić information content (AvgIpc) is 2.91. The maximum Gasteiger partial charge on any atom is 0.430 e. The lowest BCUT2D eigenvalue weighted by Gasteiger charge is -2.36. The fourth-order valence-electron chi connectivity index (χ4n) is 4.19. The van der Waals surface area contributed by atoms with Gasteiger partial charge in [0, 0.05) is 37.4 Å². The Hall–Kier alpha value is -3.56. The number of rotatable bonds is 7. The Morgan fingerprint density at radius 3 is 1.98 bits per heavy atom. The summed E-state index contributed by atoms with van der Waals surface area (Å²) in [5, 5.41) is 9.57. The van der Waals surface area contributed by atoms with Crippen LogP contribution in [0.1, 0.15) is 11.1 Å². The summed E-state index contributed by atoms with van der Waals surface area (Å²) in [7, 11) is -4.10. The van der Waals surface area contributed by atoms with Gasteiger partial charge in [0.2, 0.25) is 15.9 Å². The van der Waals surface area contributed by atoms with Gasteiger partial charge in [0.15, 0.2) is 0 Å². The molecule has 3 aromatic rings. The molecule has 1 saturated heterocycles. The second kappa shape index (κ2) is 10.8. The average molecular weight is 591 g/mol. The number of nitrogens with two attached hydrogens (primary N) is 1. The lowest BCUT2D eigenvalue weighted by atomic mass is 9.92. The van der Waals surface area contributed by atoms with Gasteiger partial charge in [-0.1, -0.05) is 42.5 Å². The maximum absolute atomic E-state index is 13.4. The fourth-order valence-corrected chi connectivity index (χ4v) is 5.68. The minimum absolute atomic E-state index is 0.0401. The summed E-state index contributed by atoms with van der Waals surface area (Å²) in [6.45, 7) is 0.138. The Labute approximate surface area is 225 Å². The number of anilines is 2. The van der Waals surface area contributed by atoms with E-state index < -0.39 is 33.5 Å². The van der Waals surface area contributed by atoms with Crippen LogP contribution in [0.2, 0.25) is 0 Å². The van der Waals surface area contributed by atoms with Crippen LogP contribution < -0.4 is 15.4 Å². The molecule has 0 bridgehead atoms. The van der Waals surface area contributed by atoms with Gasteiger partial charge in [-0.05, 0) is 29.8 Å². The predicted octanol–water partition coefficient (Wildman–Crippen LogP) is 4.07. The van der Waals surface area contributed by atoms with Crippen molar-refractivity contribution >= 4 is 21.5 Å². The molecule has 2 heterocycles. The number of nitrogen functional groups attached to an aromatic ring is 1. The van der Waals surface area contributed by atoms with Crippen LogP contribution in [-0.4, -0.2) is 61.3 Å². The first kappa shape index (κ1) is 29.4. The van der Waals surface area contributed by atoms with E-state index in [2.05, 4.69) is 4.98 Å². The van der Waals surface area contributed by atoms with Crippen molar-refractivity contribution in [2.75, 3.05) is 36.8 Å². The summed E-state index contributed by atoms with van der Waals surface area (Å²) < 4.78 is 113. The van der Waals surface area contributed by atoms with E-state index in [-0.39, 0.29) is 55.1 Å². The van der Waals surface area contributed by atoms with E-state index in [0.29, 0.717) is 12.1 Å². The Morgan fingerprint density at radius 2 is 1.43 bits per heavy atom. The van der Waals surface area contributed by atoms with E-state index in [4.69, 9.17) is 10.5 Å². The summed E-state index contributed by atoms with van der Waals surface area (Å²) >= 11 is 0. The summed E-state index contributed by atoms with van der Waals surface area (Å²) in [6, 6.07) is 14.7. The molecule has 15 heteroatoms. The van der Waals surface area contributed by atoms with Crippen LogP contribution in [-0.2, 0) is 22.2 Å². The first-order chi connectivity index (χ1) is 18.6. The van der Waals surface area contributed by atoms with Crippen LogP contribution >= 0.6 is 0 Å². The van der Waals surface area contributed by atoms with Crippen molar-refractivity contribution in [2.24, 2.45) is 0 Å². The highest BCUT2D eigenvalue weighted by Crippen LogP contribution is 2.50. The highest BCUT2D eigenvalue weighted by Gasteiger charge is 2.71. The summed E-state index contributed by atoms with van der Waals surface area (Å²) in [5.41, 5.74) is 0.366. The molecule has 1 aromatic heterocycles. The van der Waals surface area contributed by atoms with Gasteiger partial charge in [0.05, 0.1) is 0 Å². The van der Waals surface area contributed by atoms with E-state index >= 15 is 0 Å². The number of aliphatic hydroxyl groups is 1. The third-order valence-corrected chi connectivity index (χ3v) is 8.30. The number of halogens is 6. The molecule has 1 aliphatic heterocycles. The molecule has 40 heavy (non-hydrogen) atoms. The minimum Gasteiger partial charge on any atom is -0.472 e. The molecule has 0 amide bonds. The number of aromatic nitrogens is 1. The lowest BCUT2D eigenvalue weighted by molar-refractivity contribution is -0.376. The minimum atomic E-state index is -5.99. The molecule has 4 rings (SSSR count). The SMILES string of the molecule is Nc1ccc(S(=O)(=O)N2CCN(c3ccc(C(O)(C(F)(F)F)C(F)(F)F)cc3)CC2)c(OCc2ccccc2)n1. The Morgan fingerprint density at radius 1 is 0.850 bits per heavy atom. The number of hydrogen-bond acceptors (Lipinski definition) is 7. The van der Waals surface area contributed by atoms with Gasteiger partial charge < -0.3 is 20.5 Å². The summed E-state index contributed by atoms with van der Waals surface area (Å²) in [6.07, 6.45) is -12.0. The van der Waals surface area contributed by atoms with Crippen molar-refractivity contribution in [1.29, 1.82) is 0 Å². The zero-order valence-corrected chi connectivity index (χ0v) is 21.5. The van der Waals surface area contributed by atoms with Crippen molar-refractivity contribution in [1.82, 2.24) is 9.29 Å². The predicted molar refractivity (Wildman–Crippen MR) is 133 cm³/mol. The normalized spacial score (nSPS) is 15.7. The van der Waals surface area contributed by atoms with Crippen molar-refractivity contribution in [3.63, 3.8) is 0 Å². The van der Waals surface area contributed by atoms with Gasteiger partial charge >= 0.3 is 12.4 Å². The highest BCUT2D eigenvalue weighted by atomic mass is 32.2. The van der Waals surface area contributed by atoms with Gasteiger partial charge in [0.1, 0.15) is 17.3 Å². The largest absolute Gasteiger partial charge is 0.472 e. The molecule has 1 aliphatic rings. The second-order valence-corrected chi connectivity index (χ2v) is 10.9. The molecule has 3 N–H and O–H groups in total. The van der Waals surface area contributed by atoms with Gasteiger partial charge in [-0.15, -0.1) is 0 Å². The zero-order chi connectivity index (χ0) is 29.3. The first-order valence-corrected chi connectivity index (χ1v) is 13.2. The van der Waals surface area contributed by atoms with E-state index in [9.17, 15) is 39.9 Å². The van der Waals surface area contributed by atoms with Gasteiger partial charge in [-0.3, -0.25) is 0 Å². The van der Waals surface area contributed by atoms with Gasteiger partial charge in [-0.2, -0.15) is 35.6 Å². The van der Waals surface area contributed by atoms with E-state index in [1.54, 1.807) is 29.2 Å². The molecule has 1 fully saturated rings. The number of ether oxygens (including phenoxy) is 1. The third-order valence-electron chi connectivity index (χ3n) is 6.39. The van der Waals surface area contributed by atoms with Crippen LogP contribution in [0.15, 0.2) is 71.6 Å². The summed E-state index contributed by atoms with van der Waals surface area (Å²) in [5.74, 6) is -0.123. The second-order valence-electron chi connectivity index (χ2n) is 8.96. The zero-order valence-electron chi connectivity index (χ0n) is 20.7. The Bertz CT molecular complexity index is 1410. The summed E-state index contributed by atoms with van der Waals surface area (Å²) in [4.78, 5) is 5.43. The quantitative estimate of drug-likeness (QED) is 0.400. The number of benzene rings is 2. The highest BCUT2D eigenvalue weighted by molar-refractivity contribution is 7.89. The first-order valence-electron chi connectivity index (χ1n) is 11.8. The van der Waals surface area contributed by atoms with Gasteiger partial charge in [0.25, 0.3) is 5.60 Å². The van der Waals surface area contributed by atoms with Gasteiger partial charge in [-0.25, -0.2) is 8.42 Å². The smallest absolute Gasteiger partial charge is 0.430 e. The topological polar surface area (TPSA) is 109 Å². The van der Waals surface area contributed by atoms with Crippen molar-refractivity contribution < 1.29 is 44.6 Å². The van der Waals surface area contributed by atoms with E-state index in [1.807, 2.05) is 6.07 Å². The molecule has 8 nitrogen and oxygen atoms in total. The van der Waals surface area contributed by atoms with Crippen LogP contribution in [0, 0.1) is 0 Å². The molecule has 0 atom stereocenters. The number of alkyl halides is 6.